The number of benzene rings is 2. The van der Waals surface area contributed by atoms with Crippen molar-refractivity contribution < 1.29 is 18.7 Å². The molecule has 1 amide bonds. The summed E-state index contributed by atoms with van der Waals surface area (Å²) in [6.45, 7) is 3.34. The quantitative estimate of drug-likeness (QED) is 0.346. The molecule has 0 radical (unpaired) electrons. The minimum atomic E-state index is -0.131. The van der Waals surface area contributed by atoms with Gasteiger partial charge < -0.3 is 19.2 Å². The van der Waals surface area contributed by atoms with Gasteiger partial charge in [-0.3, -0.25) is 4.79 Å². The molecule has 7 nitrogen and oxygen atoms in total. The van der Waals surface area contributed by atoms with E-state index < -0.39 is 0 Å². The zero-order chi connectivity index (χ0) is 20.5. The Kier molecular flexibility index (Phi) is 7.94. The van der Waals surface area contributed by atoms with Gasteiger partial charge in [-0.2, -0.15) is 0 Å². The summed E-state index contributed by atoms with van der Waals surface area (Å²) >= 11 is 4.57. The number of hydrogen-bond donors (Lipinski definition) is 1. The van der Waals surface area contributed by atoms with Crippen LogP contribution >= 0.6 is 27.7 Å². The average Bonchev–Trinajstić information content (AvgIpc) is 3.21. The average molecular weight is 478 g/mol. The van der Waals surface area contributed by atoms with E-state index in [9.17, 15) is 4.79 Å². The molecule has 29 heavy (non-hydrogen) atoms. The second kappa shape index (κ2) is 10.9. The topological polar surface area (TPSA) is 86.5 Å². The first kappa shape index (κ1) is 21.2. The third-order valence-corrected chi connectivity index (χ3v) is 5.00. The Balaban J connectivity index is 1.35. The van der Waals surface area contributed by atoms with Crippen molar-refractivity contribution in [3.63, 3.8) is 0 Å². The van der Waals surface area contributed by atoms with Crippen molar-refractivity contribution >= 4 is 33.6 Å². The van der Waals surface area contributed by atoms with Gasteiger partial charge in [-0.1, -0.05) is 27.7 Å². The number of rotatable bonds is 10. The first-order valence-electron chi connectivity index (χ1n) is 8.98. The van der Waals surface area contributed by atoms with E-state index in [4.69, 9.17) is 13.9 Å². The number of hydrogen-bond acceptors (Lipinski definition) is 7. The minimum Gasteiger partial charge on any atom is -0.494 e. The molecule has 3 rings (SSSR count). The number of carbonyl (C=O) groups is 1. The first-order valence-corrected chi connectivity index (χ1v) is 10.8. The lowest BCUT2D eigenvalue weighted by Gasteiger charge is -2.08. The molecular weight excluding hydrogens is 458 g/mol. The predicted octanol–water partition coefficient (Wildman–Crippen LogP) is 4.19. The summed E-state index contributed by atoms with van der Waals surface area (Å²) in [5.41, 5.74) is 0.823. The lowest BCUT2D eigenvalue weighted by molar-refractivity contribution is -0.118. The van der Waals surface area contributed by atoms with Crippen molar-refractivity contribution in [1.29, 1.82) is 0 Å². The predicted molar refractivity (Wildman–Crippen MR) is 114 cm³/mol. The normalized spacial score (nSPS) is 10.6. The van der Waals surface area contributed by atoms with Gasteiger partial charge in [0.25, 0.3) is 5.22 Å². The van der Waals surface area contributed by atoms with E-state index in [1.165, 1.54) is 11.8 Å². The first-order chi connectivity index (χ1) is 14.1. The van der Waals surface area contributed by atoms with Crippen LogP contribution in [0, 0.1) is 0 Å². The van der Waals surface area contributed by atoms with Crippen LogP contribution in [0.2, 0.25) is 0 Å². The van der Waals surface area contributed by atoms with Gasteiger partial charge in [-0.25, -0.2) is 0 Å². The summed E-state index contributed by atoms with van der Waals surface area (Å²) in [7, 11) is 0. The van der Waals surface area contributed by atoms with Crippen molar-refractivity contribution in [2.24, 2.45) is 0 Å². The Morgan fingerprint density at radius 2 is 1.76 bits per heavy atom. The van der Waals surface area contributed by atoms with Gasteiger partial charge in [0.15, 0.2) is 0 Å². The molecule has 0 aliphatic carbocycles. The molecule has 9 heteroatoms. The summed E-state index contributed by atoms with van der Waals surface area (Å²) < 4.78 is 17.5. The Bertz CT molecular complexity index is 916. The van der Waals surface area contributed by atoms with E-state index in [-0.39, 0.29) is 11.7 Å². The van der Waals surface area contributed by atoms with Crippen molar-refractivity contribution in [3.05, 3.63) is 53.0 Å². The maximum absolute atomic E-state index is 12.0. The highest BCUT2D eigenvalue weighted by Crippen LogP contribution is 2.24. The molecule has 0 aliphatic heterocycles. The summed E-state index contributed by atoms with van der Waals surface area (Å²) in [6.07, 6.45) is 0. The van der Waals surface area contributed by atoms with Crippen LogP contribution in [-0.2, 0) is 4.79 Å². The molecule has 1 aromatic heterocycles. The molecule has 1 heterocycles. The summed E-state index contributed by atoms with van der Waals surface area (Å²) in [6, 6.07) is 14.9. The minimum absolute atomic E-state index is 0.131. The van der Waals surface area contributed by atoms with Gasteiger partial charge in [0.1, 0.15) is 18.1 Å². The van der Waals surface area contributed by atoms with E-state index in [0.29, 0.717) is 30.9 Å². The standard InChI is InChI=1S/C20H20BrN3O4S/c1-2-26-16-7-9-17(10-8-16)27-12-11-22-18(25)13-29-20-24-23-19(28-20)14-3-5-15(21)6-4-14/h3-10H,2,11-13H2,1H3,(H,22,25). The van der Waals surface area contributed by atoms with Gasteiger partial charge in [0, 0.05) is 10.0 Å². The zero-order valence-electron chi connectivity index (χ0n) is 15.8. The van der Waals surface area contributed by atoms with Gasteiger partial charge >= 0.3 is 0 Å². The van der Waals surface area contributed by atoms with E-state index in [0.717, 1.165) is 21.5 Å². The molecule has 152 valence electrons. The Morgan fingerprint density at radius 3 is 2.45 bits per heavy atom. The highest BCUT2D eigenvalue weighted by molar-refractivity contribution is 9.10. The highest BCUT2D eigenvalue weighted by atomic mass is 79.9. The third-order valence-electron chi connectivity index (χ3n) is 3.65. The second-order valence-electron chi connectivity index (χ2n) is 5.77. The van der Waals surface area contributed by atoms with Crippen molar-refractivity contribution in [1.82, 2.24) is 15.5 Å². The fraction of sp³-hybridized carbons (Fsp3) is 0.250. The van der Waals surface area contributed by atoms with Crippen molar-refractivity contribution in [2.45, 2.75) is 12.1 Å². The summed E-state index contributed by atoms with van der Waals surface area (Å²) in [4.78, 5) is 12.0. The van der Waals surface area contributed by atoms with Crippen LogP contribution in [0.3, 0.4) is 0 Å². The van der Waals surface area contributed by atoms with Gasteiger partial charge in [-0.15, -0.1) is 10.2 Å². The lowest BCUT2D eigenvalue weighted by Crippen LogP contribution is -2.29. The SMILES string of the molecule is CCOc1ccc(OCCNC(=O)CSc2nnc(-c3ccc(Br)cc3)o2)cc1. The molecule has 0 bridgehead atoms. The zero-order valence-corrected chi connectivity index (χ0v) is 18.2. The summed E-state index contributed by atoms with van der Waals surface area (Å²) in [5.74, 6) is 2.00. The maximum atomic E-state index is 12.0. The van der Waals surface area contributed by atoms with E-state index in [1.807, 2.05) is 55.5 Å². The van der Waals surface area contributed by atoms with Crippen LogP contribution in [0.25, 0.3) is 11.5 Å². The smallest absolute Gasteiger partial charge is 0.277 e. The largest absolute Gasteiger partial charge is 0.494 e. The number of amides is 1. The number of nitrogens with one attached hydrogen (secondary N) is 1. The highest BCUT2D eigenvalue weighted by Gasteiger charge is 2.11. The number of halogens is 1. The van der Waals surface area contributed by atoms with Crippen LogP contribution < -0.4 is 14.8 Å². The molecule has 2 aromatic carbocycles. The molecule has 0 saturated heterocycles. The third kappa shape index (κ3) is 6.79. The molecule has 0 spiro atoms. The molecule has 1 N–H and O–H groups in total. The Labute approximate surface area is 181 Å². The molecule has 0 unspecified atom stereocenters. The number of thioether (sulfide) groups is 1. The molecule has 0 aliphatic rings. The monoisotopic (exact) mass is 477 g/mol. The number of ether oxygens (including phenoxy) is 2. The van der Waals surface area contributed by atoms with E-state index in [2.05, 4.69) is 31.4 Å². The lowest BCUT2D eigenvalue weighted by atomic mass is 10.2. The van der Waals surface area contributed by atoms with Crippen molar-refractivity contribution in [2.75, 3.05) is 25.5 Å². The second-order valence-corrected chi connectivity index (χ2v) is 7.61. The number of carbonyl (C=O) groups excluding carboxylic acids is 1. The number of aromatic nitrogens is 2. The fourth-order valence-electron chi connectivity index (χ4n) is 2.31. The molecule has 0 fully saturated rings. The fourth-order valence-corrected chi connectivity index (χ4v) is 3.17. The Hall–Kier alpha value is -2.52. The Morgan fingerprint density at radius 1 is 1.07 bits per heavy atom. The molecule has 3 aromatic rings. The number of nitrogens with zero attached hydrogens (tertiary/aromatic N) is 2. The summed E-state index contributed by atoms with van der Waals surface area (Å²) in [5, 5.41) is 11.1. The molecule has 0 atom stereocenters. The van der Waals surface area contributed by atoms with E-state index >= 15 is 0 Å². The molecular formula is C20H20BrN3O4S. The van der Waals surface area contributed by atoms with Crippen LogP contribution in [0.1, 0.15) is 6.92 Å². The van der Waals surface area contributed by atoms with Gasteiger partial charge in [0.05, 0.1) is 18.9 Å². The van der Waals surface area contributed by atoms with Crippen LogP contribution in [0.4, 0.5) is 0 Å². The molecule has 0 saturated carbocycles. The van der Waals surface area contributed by atoms with Crippen molar-refractivity contribution in [3.8, 4) is 23.0 Å². The maximum Gasteiger partial charge on any atom is 0.277 e. The van der Waals surface area contributed by atoms with Crippen LogP contribution in [0.5, 0.6) is 11.5 Å². The van der Waals surface area contributed by atoms with E-state index in [1.54, 1.807) is 0 Å². The van der Waals surface area contributed by atoms with Gasteiger partial charge in [-0.05, 0) is 55.5 Å². The van der Waals surface area contributed by atoms with Gasteiger partial charge in [0.2, 0.25) is 11.8 Å². The van der Waals surface area contributed by atoms with Crippen LogP contribution in [-0.4, -0.2) is 41.6 Å². The van der Waals surface area contributed by atoms with Crippen LogP contribution in [0.15, 0.2) is 62.6 Å².